The van der Waals surface area contributed by atoms with Gasteiger partial charge in [0.25, 0.3) is 0 Å². The Bertz CT molecular complexity index is 458. The van der Waals surface area contributed by atoms with Crippen molar-refractivity contribution < 1.29 is 27.0 Å². The molecule has 0 aliphatic carbocycles. The van der Waals surface area contributed by atoms with E-state index in [9.17, 15) is 17.6 Å². The standard InChI is InChI=1S/C13H15F4NO2/c14-10-7-9(1-2-11(10)20-13(15,16)17)12(18)8-3-5-19-6-4-8/h1-2,7-8,12H,3-6,18H2/t12-/m0/s1. The topological polar surface area (TPSA) is 44.5 Å². The van der Waals surface area contributed by atoms with E-state index in [2.05, 4.69) is 4.74 Å². The molecule has 0 unspecified atom stereocenters. The number of hydrogen-bond acceptors (Lipinski definition) is 3. The summed E-state index contributed by atoms with van der Waals surface area (Å²) in [5.41, 5.74) is 6.49. The molecule has 1 aromatic carbocycles. The summed E-state index contributed by atoms with van der Waals surface area (Å²) in [5.74, 6) is -1.78. The van der Waals surface area contributed by atoms with E-state index in [-0.39, 0.29) is 5.92 Å². The third-order valence-corrected chi connectivity index (χ3v) is 3.34. The first-order chi connectivity index (χ1) is 9.37. The maximum atomic E-state index is 13.6. The van der Waals surface area contributed by atoms with Crippen molar-refractivity contribution in [2.24, 2.45) is 11.7 Å². The molecule has 1 saturated heterocycles. The van der Waals surface area contributed by atoms with Crippen LogP contribution in [0.3, 0.4) is 0 Å². The van der Waals surface area contributed by atoms with Gasteiger partial charge in [0.2, 0.25) is 0 Å². The highest BCUT2D eigenvalue weighted by atomic mass is 19.4. The Kier molecular flexibility index (Phi) is 4.49. The first-order valence-electron chi connectivity index (χ1n) is 6.25. The van der Waals surface area contributed by atoms with Crippen LogP contribution >= 0.6 is 0 Å². The molecule has 0 aromatic heterocycles. The lowest BCUT2D eigenvalue weighted by molar-refractivity contribution is -0.275. The van der Waals surface area contributed by atoms with Gasteiger partial charge in [-0.25, -0.2) is 4.39 Å². The van der Waals surface area contributed by atoms with Crippen LogP contribution < -0.4 is 10.5 Å². The van der Waals surface area contributed by atoms with Crippen LogP contribution in [0.15, 0.2) is 18.2 Å². The molecular formula is C13H15F4NO2. The van der Waals surface area contributed by atoms with Gasteiger partial charge in [-0.15, -0.1) is 13.2 Å². The summed E-state index contributed by atoms with van der Waals surface area (Å²) in [4.78, 5) is 0. The molecule has 0 saturated carbocycles. The van der Waals surface area contributed by atoms with E-state index in [1.165, 1.54) is 6.07 Å². The quantitative estimate of drug-likeness (QED) is 0.871. The van der Waals surface area contributed by atoms with Crippen LogP contribution in [0.1, 0.15) is 24.4 Å². The minimum absolute atomic E-state index is 0.137. The molecule has 0 bridgehead atoms. The van der Waals surface area contributed by atoms with Crippen molar-refractivity contribution in [3.05, 3.63) is 29.6 Å². The van der Waals surface area contributed by atoms with Gasteiger partial charge >= 0.3 is 6.36 Å². The second-order valence-electron chi connectivity index (χ2n) is 4.71. The molecule has 2 N–H and O–H groups in total. The Morgan fingerprint density at radius 3 is 2.45 bits per heavy atom. The number of alkyl halides is 3. The summed E-state index contributed by atoms with van der Waals surface area (Å²) < 4.78 is 58.5. The van der Waals surface area contributed by atoms with Crippen LogP contribution in [0, 0.1) is 11.7 Å². The zero-order valence-electron chi connectivity index (χ0n) is 10.6. The smallest absolute Gasteiger partial charge is 0.403 e. The molecule has 20 heavy (non-hydrogen) atoms. The third-order valence-electron chi connectivity index (χ3n) is 3.34. The second-order valence-corrected chi connectivity index (χ2v) is 4.71. The van der Waals surface area contributed by atoms with E-state index in [1.54, 1.807) is 0 Å². The molecule has 0 spiro atoms. The average Bonchev–Trinajstić information content (AvgIpc) is 2.40. The highest BCUT2D eigenvalue weighted by Crippen LogP contribution is 2.31. The van der Waals surface area contributed by atoms with Gasteiger partial charge in [0.15, 0.2) is 11.6 Å². The van der Waals surface area contributed by atoms with Crippen LogP contribution in [0.5, 0.6) is 5.75 Å². The van der Waals surface area contributed by atoms with Crippen LogP contribution in [-0.4, -0.2) is 19.6 Å². The van der Waals surface area contributed by atoms with E-state index in [4.69, 9.17) is 10.5 Å². The van der Waals surface area contributed by atoms with Crippen molar-refractivity contribution in [3.63, 3.8) is 0 Å². The first-order valence-corrected chi connectivity index (χ1v) is 6.25. The summed E-state index contributed by atoms with van der Waals surface area (Å²) in [5, 5.41) is 0. The molecule has 1 aliphatic heterocycles. The lowest BCUT2D eigenvalue weighted by Gasteiger charge is -2.28. The molecule has 112 valence electrons. The molecule has 3 nitrogen and oxygen atoms in total. The fraction of sp³-hybridized carbons (Fsp3) is 0.538. The zero-order chi connectivity index (χ0) is 14.8. The predicted octanol–water partition coefficient (Wildman–Crippen LogP) is 3.15. The first kappa shape index (κ1) is 15.1. The predicted molar refractivity (Wildman–Crippen MR) is 63.6 cm³/mol. The van der Waals surface area contributed by atoms with Crippen LogP contribution in [0.4, 0.5) is 17.6 Å². The lowest BCUT2D eigenvalue weighted by atomic mass is 9.88. The van der Waals surface area contributed by atoms with Gasteiger partial charge in [-0.1, -0.05) is 6.07 Å². The summed E-state index contributed by atoms with van der Waals surface area (Å²) in [6.07, 6.45) is -3.40. The Morgan fingerprint density at radius 2 is 1.90 bits per heavy atom. The molecule has 1 aromatic rings. The van der Waals surface area contributed by atoms with Crippen molar-refractivity contribution in [1.29, 1.82) is 0 Å². The molecule has 1 atom stereocenters. The third kappa shape index (κ3) is 3.83. The Labute approximate surface area is 113 Å². The number of benzene rings is 1. The number of halogens is 4. The number of ether oxygens (including phenoxy) is 2. The normalized spacial score (nSPS) is 18.9. The Hall–Kier alpha value is -1.34. The summed E-state index contributed by atoms with van der Waals surface area (Å²) in [7, 11) is 0. The molecule has 1 aliphatic rings. The van der Waals surface area contributed by atoms with Crippen LogP contribution in [0.25, 0.3) is 0 Å². The molecule has 1 heterocycles. The van der Waals surface area contributed by atoms with Crippen molar-refractivity contribution in [1.82, 2.24) is 0 Å². The summed E-state index contributed by atoms with van der Waals surface area (Å²) in [6.45, 7) is 1.19. The van der Waals surface area contributed by atoms with Crippen molar-refractivity contribution >= 4 is 0 Å². The summed E-state index contributed by atoms with van der Waals surface area (Å²) >= 11 is 0. The number of hydrogen-bond donors (Lipinski definition) is 1. The molecule has 1 fully saturated rings. The van der Waals surface area contributed by atoms with E-state index < -0.39 is 24.0 Å². The maximum absolute atomic E-state index is 13.6. The average molecular weight is 293 g/mol. The van der Waals surface area contributed by atoms with Crippen LogP contribution in [-0.2, 0) is 4.74 Å². The second kappa shape index (κ2) is 5.97. The van der Waals surface area contributed by atoms with Crippen molar-refractivity contribution in [2.75, 3.05) is 13.2 Å². The highest BCUT2D eigenvalue weighted by molar-refractivity contribution is 5.31. The van der Waals surface area contributed by atoms with E-state index >= 15 is 0 Å². The Morgan fingerprint density at radius 1 is 1.25 bits per heavy atom. The monoisotopic (exact) mass is 293 g/mol. The molecule has 0 amide bonds. The minimum atomic E-state index is -4.91. The highest BCUT2D eigenvalue weighted by Gasteiger charge is 2.32. The Balaban J connectivity index is 2.11. The van der Waals surface area contributed by atoms with Gasteiger partial charge in [0, 0.05) is 19.3 Å². The molecule has 7 heteroatoms. The fourth-order valence-electron chi connectivity index (χ4n) is 2.28. The van der Waals surface area contributed by atoms with Crippen molar-refractivity contribution in [2.45, 2.75) is 25.2 Å². The van der Waals surface area contributed by atoms with Gasteiger partial charge in [0.05, 0.1) is 0 Å². The summed E-state index contributed by atoms with van der Waals surface area (Å²) in [6, 6.07) is 2.90. The molecular weight excluding hydrogens is 278 g/mol. The zero-order valence-corrected chi connectivity index (χ0v) is 10.6. The van der Waals surface area contributed by atoms with Gasteiger partial charge in [0.1, 0.15) is 0 Å². The SMILES string of the molecule is N[C@H](c1ccc(OC(F)(F)F)c(F)c1)C1CCOCC1. The molecule has 2 rings (SSSR count). The largest absolute Gasteiger partial charge is 0.573 e. The maximum Gasteiger partial charge on any atom is 0.573 e. The van der Waals surface area contributed by atoms with E-state index in [1.807, 2.05) is 0 Å². The number of nitrogens with two attached hydrogens (primary N) is 1. The minimum Gasteiger partial charge on any atom is -0.403 e. The van der Waals surface area contributed by atoms with Crippen molar-refractivity contribution in [3.8, 4) is 5.75 Å². The molecule has 0 radical (unpaired) electrons. The van der Waals surface area contributed by atoms with Gasteiger partial charge < -0.3 is 15.2 Å². The van der Waals surface area contributed by atoms with Gasteiger partial charge in [-0.05, 0) is 36.5 Å². The van der Waals surface area contributed by atoms with Gasteiger partial charge in [-0.2, -0.15) is 0 Å². The fourth-order valence-corrected chi connectivity index (χ4v) is 2.28. The van der Waals surface area contributed by atoms with Gasteiger partial charge in [-0.3, -0.25) is 0 Å². The van der Waals surface area contributed by atoms with Crippen LogP contribution in [0.2, 0.25) is 0 Å². The number of rotatable bonds is 3. The lowest BCUT2D eigenvalue weighted by Crippen LogP contribution is -2.27. The van der Waals surface area contributed by atoms with E-state index in [0.29, 0.717) is 18.8 Å². The van der Waals surface area contributed by atoms with E-state index in [0.717, 1.165) is 25.0 Å².